The molecule has 0 aromatic heterocycles. The third-order valence-electron chi connectivity index (χ3n) is 2.68. The van der Waals surface area contributed by atoms with Gasteiger partial charge >= 0.3 is 0 Å². The average Bonchev–Trinajstić information content (AvgIpc) is 2.46. The maximum Gasteiger partial charge on any atom is 0.137 e. The molecule has 0 spiro atoms. The van der Waals surface area contributed by atoms with Gasteiger partial charge in [0, 0.05) is 17.2 Å². The Balaban J connectivity index is 0.000000219. The molecule has 5 N–H and O–H groups in total. The Morgan fingerprint density at radius 1 is 0.905 bits per heavy atom. The van der Waals surface area contributed by atoms with Crippen LogP contribution in [0, 0.1) is 6.92 Å². The summed E-state index contributed by atoms with van der Waals surface area (Å²) in [5.74, 6) is -0.0980. The van der Waals surface area contributed by atoms with E-state index in [4.69, 9.17) is 32.0 Å². The molecular formula is C15H17ClO5. The molecule has 0 aliphatic heterocycles. The quantitative estimate of drug-likeness (QED) is 0.586. The van der Waals surface area contributed by atoms with Gasteiger partial charge in [0.1, 0.15) is 17.2 Å². The zero-order valence-electron chi connectivity index (χ0n) is 11.4. The van der Waals surface area contributed by atoms with Crippen molar-refractivity contribution in [3.05, 3.63) is 52.0 Å². The number of hydrogen-bond donors (Lipinski definition) is 5. The van der Waals surface area contributed by atoms with Gasteiger partial charge in [-0.05, 0) is 19.1 Å². The van der Waals surface area contributed by atoms with Crippen molar-refractivity contribution in [2.45, 2.75) is 20.1 Å². The Morgan fingerprint density at radius 2 is 1.43 bits per heavy atom. The van der Waals surface area contributed by atoms with Crippen LogP contribution in [0.15, 0.2) is 30.3 Å². The molecule has 0 aliphatic rings. The molecule has 0 radical (unpaired) electrons. The van der Waals surface area contributed by atoms with Gasteiger partial charge in [-0.25, -0.2) is 0 Å². The van der Waals surface area contributed by atoms with Crippen LogP contribution >= 0.6 is 11.6 Å². The molecular weight excluding hydrogens is 296 g/mol. The summed E-state index contributed by atoms with van der Waals surface area (Å²) in [7, 11) is 0. The summed E-state index contributed by atoms with van der Waals surface area (Å²) in [6.45, 7) is 1.43. The smallest absolute Gasteiger partial charge is 0.137 e. The van der Waals surface area contributed by atoms with Crippen molar-refractivity contribution in [3.8, 4) is 17.2 Å². The lowest BCUT2D eigenvalue weighted by molar-refractivity contribution is 0.263. The number of aromatic hydroxyl groups is 3. The van der Waals surface area contributed by atoms with E-state index < -0.39 is 0 Å². The van der Waals surface area contributed by atoms with E-state index in [1.165, 1.54) is 18.2 Å². The standard InChI is InChI=1S/C9H12O3.C6H5ClO2/c1-6-2-7(4-10)9(12)8(3-6)5-11;7-5-2-1-4(8)3-6(5)9/h2-3,10-12H,4-5H2,1H3;1-3,8-9H. The van der Waals surface area contributed by atoms with Gasteiger partial charge in [0.25, 0.3) is 0 Å². The highest BCUT2D eigenvalue weighted by Gasteiger charge is 2.06. The van der Waals surface area contributed by atoms with E-state index in [1.54, 1.807) is 12.1 Å². The normalized spacial score (nSPS) is 9.90. The van der Waals surface area contributed by atoms with Gasteiger partial charge in [-0.15, -0.1) is 0 Å². The second kappa shape index (κ2) is 7.73. The Bertz CT molecular complexity index is 588. The highest BCUT2D eigenvalue weighted by Crippen LogP contribution is 2.26. The van der Waals surface area contributed by atoms with Gasteiger partial charge in [-0.2, -0.15) is 0 Å². The Kier molecular flexibility index (Phi) is 6.30. The molecule has 0 atom stereocenters. The van der Waals surface area contributed by atoms with Crippen molar-refractivity contribution in [3.63, 3.8) is 0 Å². The lowest BCUT2D eigenvalue weighted by Gasteiger charge is -2.07. The van der Waals surface area contributed by atoms with E-state index in [2.05, 4.69) is 0 Å². The van der Waals surface area contributed by atoms with Crippen molar-refractivity contribution in [2.75, 3.05) is 0 Å². The van der Waals surface area contributed by atoms with E-state index in [1.807, 2.05) is 6.92 Å². The fourth-order valence-corrected chi connectivity index (χ4v) is 1.79. The van der Waals surface area contributed by atoms with Crippen LogP contribution in [0.2, 0.25) is 5.02 Å². The number of aliphatic hydroxyl groups is 2. The largest absolute Gasteiger partial charge is 0.508 e. The summed E-state index contributed by atoms with van der Waals surface area (Å²) < 4.78 is 0. The van der Waals surface area contributed by atoms with Crippen LogP contribution in [0.4, 0.5) is 0 Å². The van der Waals surface area contributed by atoms with Crippen molar-refractivity contribution in [1.29, 1.82) is 0 Å². The maximum absolute atomic E-state index is 9.39. The third-order valence-corrected chi connectivity index (χ3v) is 3.00. The first-order valence-corrected chi connectivity index (χ1v) is 6.47. The first-order chi connectivity index (χ1) is 9.88. The van der Waals surface area contributed by atoms with E-state index in [0.717, 1.165) is 5.56 Å². The molecule has 0 saturated heterocycles. The van der Waals surface area contributed by atoms with Crippen molar-refractivity contribution in [1.82, 2.24) is 0 Å². The molecule has 114 valence electrons. The number of aryl methyl sites for hydroxylation is 1. The number of aliphatic hydroxyl groups excluding tert-OH is 2. The van der Waals surface area contributed by atoms with Crippen molar-refractivity contribution < 1.29 is 25.5 Å². The van der Waals surface area contributed by atoms with Crippen LogP contribution in [0.5, 0.6) is 17.2 Å². The minimum absolute atomic E-state index is 0.00870. The lowest BCUT2D eigenvalue weighted by atomic mass is 10.1. The van der Waals surface area contributed by atoms with Gasteiger partial charge in [-0.3, -0.25) is 0 Å². The average molecular weight is 313 g/mol. The molecule has 0 unspecified atom stereocenters. The summed E-state index contributed by atoms with van der Waals surface area (Å²) in [6, 6.07) is 7.39. The van der Waals surface area contributed by atoms with Crippen LogP contribution in [-0.4, -0.2) is 25.5 Å². The fourth-order valence-electron chi connectivity index (χ4n) is 1.68. The first kappa shape index (κ1) is 17.1. The number of hydrogen-bond acceptors (Lipinski definition) is 5. The van der Waals surface area contributed by atoms with Crippen LogP contribution in [0.25, 0.3) is 0 Å². The minimum Gasteiger partial charge on any atom is -0.508 e. The van der Waals surface area contributed by atoms with Gasteiger partial charge < -0.3 is 25.5 Å². The number of phenols is 3. The molecule has 2 aromatic rings. The molecule has 0 amide bonds. The van der Waals surface area contributed by atoms with E-state index in [0.29, 0.717) is 11.1 Å². The molecule has 0 bridgehead atoms. The second-order valence-corrected chi connectivity index (χ2v) is 4.79. The first-order valence-electron chi connectivity index (χ1n) is 6.09. The summed E-state index contributed by atoms with van der Waals surface area (Å²) in [5, 5.41) is 44.8. The zero-order valence-corrected chi connectivity index (χ0v) is 12.2. The highest BCUT2D eigenvalue weighted by molar-refractivity contribution is 6.32. The summed E-state index contributed by atoms with van der Waals surface area (Å²) in [4.78, 5) is 0. The van der Waals surface area contributed by atoms with Gasteiger partial charge in [0.05, 0.1) is 18.2 Å². The zero-order chi connectivity index (χ0) is 16.0. The van der Waals surface area contributed by atoms with E-state index in [-0.39, 0.29) is 35.5 Å². The number of halogens is 1. The predicted octanol–water partition coefficient (Wildman–Crippen LogP) is 2.44. The lowest BCUT2D eigenvalue weighted by Crippen LogP contribution is -1.92. The number of benzene rings is 2. The SMILES string of the molecule is Cc1cc(CO)c(O)c(CO)c1.Oc1ccc(Cl)c(O)c1. The molecule has 0 fully saturated rings. The van der Waals surface area contributed by atoms with Gasteiger partial charge in [0.2, 0.25) is 0 Å². The number of rotatable bonds is 2. The van der Waals surface area contributed by atoms with Gasteiger partial charge in [-0.1, -0.05) is 29.3 Å². The van der Waals surface area contributed by atoms with Crippen LogP contribution in [0.1, 0.15) is 16.7 Å². The fraction of sp³-hybridized carbons (Fsp3) is 0.200. The summed E-state index contributed by atoms with van der Waals surface area (Å²) >= 11 is 5.42. The van der Waals surface area contributed by atoms with Crippen LogP contribution in [-0.2, 0) is 13.2 Å². The Morgan fingerprint density at radius 3 is 1.81 bits per heavy atom. The monoisotopic (exact) mass is 312 g/mol. The molecule has 21 heavy (non-hydrogen) atoms. The molecule has 0 saturated carbocycles. The molecule has 5 nitrogen and oxygen atoms in total. The number of phenolic OH excluding ortho intramolecular Hbond substituents is 2. The Labute approximate surface area is 127 Å². The molecule has 2 aromatic carbocycles. The van der Waals surface area contributed by atoms with Crippen molar-refractivity contribution >= 4 is 11.6 Å². The summed E-state index contributed by atoms with van der Waals surface area (Å²) in [5.41, 5.74) is 1.83. The molecule has 6 heteroatoms. The molecule has 0 aliphatic carbocycles. The Hall–Kier alpha value is -1.95. The highest BCUT2D eigenvalue weighted by atomic mass is 35.5. The van der Waals surface area contributed by atoms with Crippen LogP contribution < -0.4 is 0 Å². The second-order valence-electron chi connectivity index (χ2n) is 4.38. The third kappa shape index (κ3) is 4.82. The maximum atomic E-state index is 9.39. The minimum atomic E-state index is -0.208. The topological polar surface area (TPSA) is 101 Å². The summed E-state index contributed by atoms with van der Waals surface area (Å²) in [6.07, 6.45) is 0. The van der Waals surface area contributed by atoms with Gasteiger partial charge in [0.15, 0.2) is 0 Å². The van der Waals surface area contributed by atoms with E-state index in [9.17, 15) is 5.11 Å². The molecule has 2 rings (SSSR count). The van der Waals surface area contributed by atoms with Crippen molar-refractivity contribution in [2.24, 2.45) is 0 Å². The van der Waals surface area contributed by atoms with Crippen LogP contribution in [0.3, 0.4) is 0 Å². The van der Waals surface area contributed by atoms with E-state index >= 15 is 0 Å². The predicted molar refractivity (Wildman–Crippen MR) is 79.5 cm³/mol. The molecule has 0 heterocycles.